The van der Waals surface area contributed by atoms with Crippen LogP contribution < -0.4 is 11.1 Å². The van der Waals surface area contributed by atoms with Gasteiger partial charge in [0.25, 0.3) is 11.1 Å². The van der Waals surface area contributed by atoms with E-state index < -0.39 is 0 Å². The summed E-state index contributed by atoms with van der Waals surface area (Å²) in [5, 5.41) is 1.92. The fourth-order valence-corrected chi connectivity index (χ4v) is 6.90. The topological polar surface area (TPSA) is 89.9 Å². The Morgan fingerprint density at radius 2 is 2.12 bits per heavy atom. The molecule has 1 aliphatic carbocycles. The van der Waals surface area contributed by atoms with Gasteiger partial charge in [0, 0.05) is 12.0 Å². The van der Waals surface area contributed by atoms with E-state index in [0.717, 1.165) is 29.5 Å². The summed E-state index contributed by atoms with van der Waals surface area (Å²) in [7, 11) is 1.62. The van der Waals surface area contributed by atoms with Gasteiger partial charge < -0.3 is 9.72 Å². The largest absolute Gasteiger partial charge is 0.383 e. The number of aromatic amines is 1. The van der Waals surface area contributed by atoms with E-state index in [-0.39, 0.29) is 17.2 Å². The summed E-state index contributed by atoms with van der Waals surface area (Å²) >= 11 is 3.05. The number of nitrogens with one attached hydrogen (secondary N) is 1. The van der Waals surface area contributed by atoms with Gasteiger partial charge in [-0.25, -0.2) is 9.97 Å². The van der Waals surface area contributed by atoms with Crippen molar-refractivity contribution in [2.45, 2.75) is 50.1 Å². The summed E-state index contributed by atoms with van der Waals surface area (Å²) in [6.07, 6.45) is 3.07. The molecule has 0 radical (unpaired) electrons. The average molecular weight is 483 g/mol. The zero-order valence-corrected chi connectivity index (χ0v) is 20.5. The molecule has 1 N–H and O–H groups in total. The first-order valence-electron chi connectivity index (χ1n) is 11.1. The number of aryl methyl sites for hydroxylation is 1. The lowest BCUT2D eigenvalue weighted by Gasteiger charge is -2.18. The maximum absolute atomic E-state index is 13.2. The van der Waals surface area contributed by atoms with Crippen molar-refractivity contribution in [1.82, 2.24) is 19.5 Å². The summed E-state index contributed by atoms with van der Waals surface area (Å²) in [6, 6.07) is 7.17. The van der Waals surface area contributed by atoms with Crippen LogP contribution in [0.15, 0.2) is 39.0 Å². The van der Waals surface area contributed by atoms with E-state index in [1.807, 2.05) is 25.1 Å². The van der Waals surface area contributed by atoms with Gasteiger partial charge in [0.2, 0.25) is 0 Å². The Bertz CT molecular complexity index is 1460. The van der Waals surface area contributed by atoms with Gasteiger partial charge in [-0.3, -0.25) is 14.2 Å². The van der Waals surface area contributed by atoms with Crippen LogP contribution in [0.1, 0.15) is 42.6 Å². The van der Waals surface area contributed by atoms with E-state index in [0.29, 0.717) is 40.2 Å². The molecule has 3 heterocycles. The van der Waals surface area contributed by atoms with Crippen molar-refractivity contribution in [3.8, 4) is 0 Å². The molecule has 7 nitrogen and oxygen atoms in total. The first-order valence-corrected chi connectivity index (χ1v) is 12.9. The highest BCUT2D eigenvalue weighted by Gasteiger charge is 2.23. The molecule has 5 rings (SSSR count). The van der Waals surface area contributed by atoms with Gasteiger partial charge in [0.05, 0.1) is 34.7 Å². The van der Waals surface area contributed by atoms with Gasteiger partial charge in [-0.1, -0.05) is 30.8 Å². The van der Waals surface area contributed by atoms with Gasteiger partial charge in [0.15, 0.2) is 5.16 Å². The van der Waals surface area contributed by atoms with E-state index in [2.05, 4.69) is 11.9 Å². The average Bonchev–Trinajstić information content (AvgIpc) is 3.15. The number of para-hydroxylation sites is 1. The third-order valence-corrected chi connectivity index (χ3v) is 8.29. The zero-order valence-electron chi connectivity index (χ0n) is 18.9. The van der Waals surface area contributed by atoms with Crippen LogP contribution in [-0.4, -0.2) is 33.2 Å². The molecule has 1 aliphatic rings. The minimum atomic E-state index is -0.178. The highest BCUT2D eigenvalue weighted by atomic mass is 32.2. The second-order valence-electron chi connectivity index (χ2n) is 8.72. The summed E-state index contributed by atoms with van der Waals surface area (Å²) in [5.74, 6) is 1.65. The molecule has 0 amide bonds. The van der Waals surface area contributed by atoms with Crippen LogP contribution in [0.5, 0.6) is 0 Å². The normalized spacial score (nSPS) is 16.9. The number of H-pyrrole nitrogens is 1. The maximum Gasteiger partial charge on any atom is 0.262 e. The van der Waals surface area contributed by atoms with Crippen molar-refractivity contribution >= 4 is 44.2 Å². The van der Waals surface area contributed by atoms with Crippen LogP contribution >= 0.6 is 23.1 Å². The number of ether oxygens (including phenoxy) is 1. The zero-order chi connectivity index (χ0) is 23.1. The highest BCUT2D eigenvalue weighted by molar-refractivity contribution is 7.98. The van der Waals surface area contributed by atoms with Crippen molar-refractivity contribution in [2.24, 2.45) is 5.92 Å². The molecule has 0 saturated heterocycles. The van der Waals surface area contributed by atoms with Crippen LogP contribution in [0.25, 0.3) is 21.1 Å². The molecule has 0 spiro atoms. The number of benzene rings is 1. The van der Waals surface area contributed by atoms with Gasteiger partial charge >= 0.3 is 0 Å². The molecule has 1 aromatic carbocycles. The Morgan fingerprint density at radius 3 is 2.94 bits per heavy atom. The molecular formula is C24H26N4O3S2. The molecule has 9 heteroatoms. The Balaban J connectivity index is 1.51. The molecule has 172 valence electrons. The molecule has 4 aromatic rings. The first kappa shape index (κ1) is 22.3. The molecule has 33 heavy (non-hydrogen) atoms. The number of thioether (sulfide) groups is 1. The highest BCUT2D eigenvalue weighted by Crippen LogP contribution is 2.36. The predicted molar refractivity (Wildman–Crippen MR) is 134 cm³/mol. The lowest BCUT2D eigenvalue weighted by atomic mass is 9.89. The lowest BCUT2D eigenvalue weighted by Crippen LogP contribution is -2.28. The molecule has 0 aliphatic heterocycles. The molecule has 0 saturated carbocycles. The number of fused-ring (bicyclic) bond motifs is 4. The number of hydrogen-bond donors (Lipinski definition) is 1. The van der Waals surface area contributed by atoms with Crippen molar-refractivity contribution in [3.63, 3.8) is 0 Å². The van der Waals surface area contributed by atoms with Crippen molar-refractivity contribution in [3.05, 3.63) is 61.2 Å². The smallest absolute Gasteiger partial charge is 0.262 e. The van der Waals surface area contributed by atoms with Crippen LogP contribution in [0, 0.1) is 5.92 Å². The van der Waals surface area contributed by atoms with E-state index in [9.17, 15) is 9.59 Å². The number of methoxy groups -OCH3 is 1. The van der Waals surface area contributed by atoms with Crippen LogP contribution in [0.2, 0.25) is 0 Å². The Morgan fingerprint density at radius 1 is 1.30 bits per heavy atom. The molecule has 2 unspecified atom stereocenters. The number of hydrogen-bond acceptors (Lipinski definition) is 7. The van der Waals surface area contributed by atoms with Crippen molar-refractivity contribution in [1.29, 1.82) is 0 Å². The summed E-state index contributed by atoms with van der Waals surface area (Å²) in [6.45, 7) is 4.59. The predicted octanol–water partition coefficient (Wildman–Crippen LogP) is 4.32. The minimum Gasteiger partial charge on any atom is -0.383 e. The van der Waals surface area contributed by atoms with Gasteiger partial charge in [-0.2, -0.15) is 0 Å². The van der Waals surface area contributed by atoms with Gasteiger partial charge in [-0.05, 0) is 49.8 Å². The van der Waals surface area contributed by atoms with Gasteiger partial charge in [-0.15, -0.1) is 11.3 Å². The van der Waals surface area contributed by atoms with Gasteiger partial charge in [0.1, 0.15) is 10.7 Å². The van der Waals surface area contributed by atoms with E-state index in [1.54, 1.807) is 29.1 Å². The number of thiophene rings is 1. The van der Waals surface area contributed by atoms with Crippen LogP contribution in [-0.2, 0) is 23.3 Å². The SMILES string of the molecule is COCC(C)n1c(SCc2nc3sc4c(c3c(=O)[nH]2)CCC(C)C4)nc2ccccc2c1=O. The Kier molecular flexibility index (Phi) is 6.11. The second-order valence-corrected chi connectivity index (χ2v) is 10.8. The van der Waals surface area contributed by atoms with Crippen LogP contribution in [0.4, 0.5) is 0 Å². The minimum absolute atomic E-state index is 0.0701. The standard InChI is InChI=1S/C24H26N4O3S2/c1-13-8-9-16-18(10-13)33-22-20(16)21(29)26-19(27-22)12-32-24-25-17-7-5-4-6-15(17)23(30)28(24)14(2)11-31-3/h4-7,13-14H,8-12H2,1-3H3,(H,26,27,29). The van der Waals surface area contributed by atoms with E-state index in [1.165, 1.54) is 22.2 Å². The number of aromatic nitrogens is 4. The maximum atomic E-state index is 13.2. The monoisotopic (exact) mass is 482 g/mol. The van der Waals surface area contributed by atoms with E-state index in [4.69, 9.17) is 14.7 Å². The van der Waals surface area contributed by atoms with Crippen LogP contribution in [0.3, 0.4) is 0 Å². The van der Waals surface area contributed by atoms with E-state index >= 15 is 0 Å². The first-order chi connectivity index (χ1) is 16.0. The van der Waals surface area contributed by atoms with Crippen molar-refractivity contribution in [2.75, 3.05) is 13.7 Å². The summed E-state index contributed by atoms with van der Waals surface area (Å²) < 4.78 is 6.98. The van der Waals surface area contributed by atoms with Crippen molar-refractivity contribution < 1.29 is 4.74 Å². The molecule has 0 fully saturated rings. The Labute approximate surface area is 199 Å². The summed E-state index contributed by atoms with van der Waals surface area (Å²) in [5.41, 5.74) is 1.67. The fourth-order valence-electron chi connectivity index (χ4n) is 4.53. The number of rotatable bonds is 6. The molecule has 2 atom stereocenters. The third-order valence-electron chi connectivity index (χ3n) is 6.18. The molecular weight excluding hydrogens is 456 g/mol. The second kappa shape index (κ2) is 9.04. The number of nitrogens with zero attached hydrogens (tertiary/aromatic N) is 3. The molecule has 3 aromatic heterocycles. The lowest BCUT2D eigenvalue weighted by molar-refractivity contribution is 0.156. The molecule has 0 bridgehead atoms. The third kappa shape index (κ3) is 4.13. The quantitative estimate of drug-likeness (QED) is 0.325. The summed E-state index contributed by atoms with van der Waals surface area (Å²) in [4.78, 5) is 40.8. The Hall–Kier alpha value is -2.49. The fraction of sp³-hybridized carbons (Fsp3) is 0.417.